The first-order valence-corrected chi connectivity index (χ1v) is 10.6. The van der Waals surface area contributed by atoms with Gasteiger partial charge in [-0.05, 0) is 72.5 Å². The number of carbonyl (C=O) groups excluding carboxylic acids is 3. The zero-order valence-corrected chi connectivity index (χ0v) is 17.5. The second kappa shape index (κ2) is 13.7. The Hall–Kier alpha value is -2.41. The van der Waals surface area contributed by atoms with Gasteiger partial charge in [0.2, 0.25) is 0 Å². The van der Waals surface area contributed by atoms with E-state index in [-0.39, 0.29) is 11.6 Å². The van der Waals surface area contributed by atoms with Crippen molar-refractivity contribution in [3.05, 3.63) is 79.3 Å². The zero-order chi connectivity index (χ0) is 19.9. The number of Topliss-reactive ketones (excluding diaryl/α,β-unsaturated/α-hetero) is 1. The molecular weight excluding hydrogens is 396 g/mol. The number of allylic oxidation sites excluding steroid dienone is 2. The van der Waals surface area contributed by atoms with E-state index in [0.29, 0.717) is 0 Å². The Morgan fingerprint density at radius 2 is 1.11 bits per heavy atom. The van der Waals surface area contributed by atoms with Crippen LogP contribution in [0.15, 0.2) is 64.7 Å². The lowest BCUT2D eigenvalue weighted by Crippen LogP contribution is -1.83. The van der Waals surface area contributed by atoms with Crippen LogP contribution in [0.5, 0.6) is 0 Å². The standard InChI is InChI=1S/C13H10OS2.C5H4OS.C3H6O/c14-11(5-7-12-3-1-9-15-12)6-8-13-4-2-10-16-13;6-4-5-2-1-3-7-5;1-3(2)4/h1-10H;1-4H;1-2H3/b7-5+,8-6+;;. The zero-order valence-electron chi connectivity index (χ0n) is 15.0. The van der Waals surface area contributed by atoms with Gasteiger partial charge < -0.3 is 4.79 Å². The Morgan fingerprint density at radius 3 is 1.37 bits per heavy atom. The smallest absolute Gasteiger partial charge is 0.178 e. The van der Waals surface area contributed by atoms with Crippen LogP contribution in [0.25, 0.3) is 12.2 Å². The summed E-state index contributed by atoms with van der Waals surface area (Å²) in [5.41, 5.74) is 0. The van der Waals surface area contributed by atoms with Gasteiger partial charge in [0.1, 0.15) is 5.78 Å². The minimum atomic E-state index is 0.0156. The van der Waals surface area contributed by atoms with Gasteiger partial charge in [-0.25, -0.2) is 0 Å². The van der Waals surface area contributed by atoms with E-state index in [9.17, 15) is 14.4 Å². The third-order valence-corrected chi connectivity index (χ3v) is 5.04. The average Bonchev–Trinajstić information content (AvgIpc) is 3.42. The van der Waals surface area contributed by atoms with Crippen molar-refractivity contribution in [2.75, 3.05) is 0 Å². The van der Waals surface area contributed by atoms with Crippen molar-refractivity contribution in [2.45, 2.75) is 13.8 Å². The highest BCUT2D eigenvalue weighted by Crippen LogP contribution is 2.12. The fourth-order valence-corrected chi connectivity index (χ4v) is 3.28. The van der Waals surface area contributed by atoms with Gasteiger partial charge in [0, 0.05) is 9.75 Å². The van der Waals surface area contributed by atoms with Gasteiger partial charge in [-0.15, -0.1) is 34.0 Å². The van der Waals surface area contributed by atoms with Crippen LogP contribution >= 0.6 is 34.0 Å². The molecule has 3 aromatic rings. The topological polar surface area (TPSA) is 51.2 Å². The first-order chi connectivity index (χ1) is 13.0. The largest absolute Gasteiger partial charge is 0.300 e. The molecule has 0 radical (unpaired) electrons. The predicted molar refractivity (Wildman–Crippen MR) is 118 cm³/mol. The molecule has 0 saturated heterocycles. The van der Waals surface area contributed by atoms with E-state index in [4.69, 9.17) is 0 Å². The number of hydrogen-bond donors (Lipinski definition) is 0. The molecule has 0 fully saturated rings. The maximum absolute atomic E-state index is 11.5. The Bertz CT molecular complexity index is 791. The molecule has 140 valence electrons. The summed E-state index contributed by atoms with van der Waals surface area (Å²) in [4.78, 5) is 33.8. The second-order valence-corrected chi connectivity index (χ2v) is 8.08. The Labute approximate surface area is 171 Å². The van der Waals surface area contributed by atoms with E-state index < -0.39 is 0 Å². The molecule has 0 saturated carbocycles. The molecule has 3 rings (SSSR count). The molecular formula is C21H20O3S3. The lowest BCUT2D eigenvalue weighted by Gasteiger charge is -1.84. The lowest BCUT2D eigenvalue weighted by atomic mass is 10.3. The number of hydrogen-bond acceptors (Lipinski definition) is 6. The maximum Gasteiger partial charge on any atom is 0.178 e. The molecule has 0 N–H and O–H groups in total. The number of carbonyl (C=O) groups is 3. The summed E-state index contributed by atoms with van der Waals surface area (Å²) < 4.78 is 0. The van der Waals surface area contributed by atoms with Crippen molar-refractivity contribution in [1.82, 2.24) is 0 Å². The molecule has 3 heterocycles. The summed E-state index contributed by atoms with van der Waals surface area (Å²) in [6.45, 7) is 3.06. The maximum atomic E-state index is 11.5. The fourth-order valence-electron chi connectivity index (χ4n) is 1.51. The SMILES string of the molecule is CC(C)=O.O=C(/C=C/c1cccs1)/C=C/c1cccs1.O=Cc1cccs1. The summed E-state index contributed by atoms with van der Waals surface area (Å²) in [6, 6.07) is 11.5. The summed E-state index contributed by atoms with van der Waals surface area (Å²) >= 11 is 4.69. The highest BCUT2D eigenvalue weighted by Gasteiger charge is 1.91. The van der Waals surface area contributed by atoms with Gasteiger partial charge in [0.25, 0.3) is 0 Å². The van der Waals surface area contributed by atoms with Gasteiger partial charge in [-0.3, -0.25) is 9.59 Å². The van der Waals surface area contributed by atoms with Crippen LogP contribution in [0, 0.1) is 0 Å². The van der Waals surface area contributed by atoms with Crippen molar-refractivity contribution in [1.29, 1.82) is 0 Å². The van der Waals surface area contributed by atoms with Crippen molar-refractivity contribution in [3.8, 4) is 0 Å². The van der Waals surface area contributed by atoms with Gasteiger partial charge in [-0.2, -0.15) is 0 Å². The Kier molecular flexibility index (Phi) is 11.5. The number of rotatable bonds is 5. The van der Waals surface area contributed by atoms with Crippen LogP contribution in [0.3, 0.4) is 0 Å². The van der Waals surface area contributed by atoms with Crippen LogP contribution in [0.2, 0.25) is 0 Å². The number of ketones is 2. The van der Waals surface area contributed by atoms with Crippen LogP contribution in [0.4, 0.5) is 0 Å². The van der Waals surface area contributed by atoms with Gasteiger partial charge in [0.15, 0.2) is 12.1 Å². The van der Waals surface area contributed by atoms with Crippen LogP contribution in [-0.2, 0) is 9.59 Å². The van der Waals surface area contributed by atoms with E-state index in [1.165, 1.54) is 25.2 Å². The van der Waals surface area contributed by atoms with Crippen molar-refractivity contribution in [3.63, 3.8) is 0 Å². The Morgan fingerprint density at radius 1 is 0.741 bits per heavy atom. The molecule has 0 aromatic carbocycles. The molecule has 27 heavy (non-hydrogen) atoms. The van der Waals surface area contributed by atoms with Crippen molar-refractivity contribution < 1.29 is 14.4 Å². The molecule has 0 amide bonds. The molecule has 3 aromatic heterocycles. The first kappa shape index (κ1) is 22.6. The third kappa shape index (κ3) is 11.8. The molecule has 3 nitrogen and oxygen atoms in total. The van der Waals surface area contributed by atoms with Gasteiger partial charge in [-0.1, -0.05) is 18.2 Å². The van der Waals surface area contributed by atoms with Crippen LogP contribution in [-0.4, -0.2) is 17.9 Å². The first-order valence-electron chi connectivity index (χ1n) is 7.94. The minimum absolute atomic E-state index is 0.0156. The predicted octanol–water partition coefficient (Wildman–Crippen LogP) is 6.26. The summed E-state index contributed by atoms with van der Waals surface area (Å²) in [5.74, 6) is 0.182. The molecule has 6 heteroatoms. The summed E-state index contributed by atoms with van der Waals surface area (Å²) in [5, 5.41) is 5.86. The molecule has 0 atom stereocenters. The molecule has 0 aliphatic carbocycles. The summed E-state index contributed by atoms with van der Waals surface area (Å²) in [7, 11) is 0. The average molecular weight is 417 g/mol. The monoisotopic (exact) mass is 416 g/mol. The number of thiophene rings is 3. The molecule has 0 bridgehead atoms. The van der Waals surface area contributed by atoms with E-state index >= 15 is 0 Å². The number of aldehydes is 1. The quantitative estimate of drug-likeness (QED) is 0.364. The van der Waals surface area contributed by atoms with E-state index in [2.05, 4.69) is 0 Å². The van der Waals surface area contributed by atoms with E-state index in [0.717, 1.165) is 20.9 Å². The Balaban J connectivity index is 0.000000273. The highest BCUT2D eigenvalue weighted by molar-refractivity contribution is 7.11. The van der Waals surface area contributed by atoms with Gasteiger partial charge in [0.05, 0.1) is 4.88 Å². The fraction of sp³-hybridized carbons (Fsp3) is 0.0952. The lowest BCUT2D eigenvalue weighted by molar-refractivity contribution is -0.115. The molecule has 0 aliphatic rings. The minimum Gasteiger partial charge on any atom is -0.300 e. The summed E-state index contributed by atoms with van der Waals surface area (Å²) in [6.07, 6.45) is 7.72. The molecule has 0 unspecified atom stereocenters. The second-order valence-electron chi connectivity index (χ2n) is 5.14. The molecule has 0 aliphatic heterocycles. The van der Waals surface area contributed by atoms with E-state index in [1.807, 2.05) is 58.6 Å². The van der Waals surface area contributed by atoms with E-state index in [1.54, 1.807) is 40.9 Å². The highest BCUT2D eigenvalue weighted by atomic mass is 32.1. The van der Waals surface area contributed by atoms with Crippen LogP contribution < -0.4 is 0 Å². The molecule has 0 spiro atoms. The van der Waals surface area contributed by atoms with Crippen LogP contribution in [0.1, 0.15) is 33.3 Å². The normalized spacial score (nSPS) is 10.0. The van der Waals surface area contributed by atoms with Gasteiger partial charge >= 0.3 is 0 Å². The third-order valence-electron chi connectivity index (χ3n) is 2.57. The van der Waals surface area contributed by atoms with Crippen molar-refractivity contribution in [2.24, 2.45) is 0 Å². The van der Waals surface area contributed by atoms with Crippen molar-refractivity contribution >= 4 is 64.0 Å².